The third-order valence-electron chi connectivity index (χ3n) is 2.00. The second kappa shape index (κ2) is 4.61. The quantitative estimate of drug-likeness (QED) is 0.602. The smallest absolute Gasteiger partial charge is 0.277 e. The van der Waals surface area contributed by atoms with Gasteiger partial charge in [-0.05, 0) is 24.3 Å². The molecule has 0 aliphatic carbocycles. The van der Waals surface area contributed by atoms with Gasteiger partial charge in [0.2, 0.25) is 0 Å². The minimum absolute atomic E-state index is 0.142. The lowest BCUT2D eigenvalue weighted by atomic mass is 10.3. The Morgan fingerprint density at radius 3 is 2.65 bits per heavy atom. The lowest BCUT2D eigenvalue weighted by Crippen LogP contribution is -1.89. The van der Waals surface area contributed by atoms with Crippen molar-refractivity contribution in [3.05, 3.63) is 64.5 Å². The topological polar surface area (TPSA) is 52.4 Å². The number of nitro groups is 1. The van der Waals surface area contributed by atoms with Crippen LogP contribution in [0.1, 0.15) is 0 Å². The molecule has 0 saturated heterocycles. The molecule has 0 fully saturated rings. The van der Waals surface area contributed by atoms with E-state index < -0.39 is 10.7 Å². The molecule has 2 aromatic carbocycles. The molecule has 0 bridgehead atoms. The number of rotatable bonds is 3. The molecule has 0 amide bonds. The fraction of sp³-hybridized carbons (Fsp3) is 0. The third-order valence-corrected chi connectivity index (χ3v) is 2.00. The van der Waals surface area contributed by atoms with Gasteiger partial charge in [-0.2, -0.15) is 0 Å². The first kappa shape index (κ1) is 11.1. The van der Waals surface area contributed by atoms with Gasteiger partial charge in [0, 0.05) is 12.1 Å². The van der Waals surface area contributed by atoms with E-state index in [0.717, 1.165) is 0 Å². The number of nitrogens with zero attached hydrogens (tertiary/aromatic N) is 1. The van der Waals surface area contributed by atoms with E-state index in [2.05, 4.69) is 6.07 Å². The van der Waals surface area contributed by atoms with Gasteiger partial charge < -0.3 is 4.74 Å². The fourth-order valence-corrected chi connectivity index (χ4v) is 1.25. The first-order valence-corrected chi connectivity index (χ1v) is 4.75. The maximum atomic E-state index is 12.9. The van der Waals surface area contributed by atoms with Crippen molar-refractivity contribution in [2.75, 3.05) is 0 Å². The van der Waals surface area contributed by atoms with Gasteiger partial charge in [0.15, 0.2) is 0 Å². The maximum absolute atomic E-state index is 12.9. The van der Waals surface area contributed by atoms with Crippen LogP contribution < -0.4 is 4.74 Å². The van der Waals surface area contributed by atoms with Gasteiger partial charge in [-0.3, -0.25) is 10.1 Å². The molecule has 0 spiro atoms. The number of benzene rings is 2. The third kappa shape index (κ3) is 2.78. The largest absolute Gasteiger partial charge is 0.457 e. The zero-order valence-electron chi connectivity index (χ0n) is 8.59. The Kier molecular flexibility index (Phi) is 3.00. The highest BCUT2D eigenvalue weighted by molar-refractivity contribution is 5.37. The molecule has 85 valence electrons. The summed E-state index contributed by atoms with van der Waals surface area (Å²) in [6.45, 7) is 0. The molecular weight excluding hydrogens is 225 g/mol. The molecule has 0 saturated carbocycles. The van der Waals surface area contributed by atoms with Crippen LogP contribution in [0.25, 0.3) is 0 Å². The van der Waals surface area contributed by atoms with Gasteiger partial charge >= 0.3 is 0 Å². The van der Waals surface area contributed by atoms with E-state index in [4.69, 9.17) is 4.74 Å². The summed E-state index contributed by atoms with van der Waals surface area (Å²) in [7, 11) is 0. The summed E-state index contributed by atoms with van der Waals surface area (Å²) in [5.41, 5.74) is -0.142. The second-order valence-corrected chi connectivity index (χ2v) is 3.23. The number of hydrogen-bond acceptors (Lipinski definition) is 3. The van der Waals surface area contributed by atoms with Crippen molar-refractivity contribution < 1.29 is 14.1 Å². The van der Waals surface area contributed by atoms with Gasteiger partial charge in [-0.25, -0.2) is 4.39 Å². The van der Waals surface area contributed by atoms with E-state index in [0.29, 0.717) is 11.5 Å². The molecule has 0 aromatic heterocycles. The van der Waals surface area contributed by atoms with Crippen LogP contribution >= 0.6 is 0 Å². The molecule has 0 aliphatic rings. The van der Waals surface area contributed by atoms with Crippen LogP contribution in [-0.2, 0) is 0 Å². The average molecular weight is 232 g/mol. The van der Waals surface area contributed by atoms with E-state index in [-0.39, 0.29) is 5.69 Å². The lowest BCUT2D eigenvalue weighted by molar-refractivity contribution is -0.385. The van der Waals surface area contributed by atoms with Crippen LogP contribution in [-0.4, -0.2) is 4.92 Å². The van der Waals surface area contributed by atoms with Crippen molar-refractivity contribution in [2.24, 2.45) is 0 Å². The predicted molar refractivity (Wildman–Crippen MR) is 58.4 cm³/mol. The fourth-order valence-electron chi connectivity index (χ4n) is 1.25. The van der Waals surface area contributed by atoms with Crippen LogP contribution in [0.4, 0.5) is 10.1 Å². The molecule has 0 heterocycles. The number of nitro benzene ring substituents is 1. The number of halogens is 1. The summed E-state index contributed by atoms with van der Waals surface area (Å²) in [4.78, 5) is 9.85. The molecule has 0 atom stereocenters. The molecular formula is C12H7FNO3. The predicted octanol–water partition coefficient (Wildman–Crippen LogP) is 3.33. The van der Waals surface area contributed by atoms with E-state index in [1.165, 1.54) is 36.4 Å². The van der Waals surface area contributed by atoms with Crippen molar-refractivity contribution in [1.82, 2.24) is 0 Å². The van der Waals surface area contributed by atoms with E-state index in [1.807, 2.05) is 0 Å². The summed E-state index contributed by atoms with van der Waals surface area (Å²) in [5.74, 6) is 0.279. The first-order chi connectivity index (χ1) is 8.15. The normalized spacial score (nSPS) is 9.94. The van der Waals surface area contributed by atoms with Gasteiger partial charge in [-0.1, -0.05) is 6.07 Å². The van der Waals surface area contributed by atoms with Crippen LogP contribution in [0.2, 0.25) is 0 Å². The summed E-state index contributed by atoms with van der Waals surface area (Å²) >= 11 is 0. The van der Waals surface area contributed by atoms with Crippen molar-refractivity contribution >= 4 is 5.69 Å². The van der Waals surface area contributed by atoms with Gasteiger partial charge in [0.25, 0.3) is 5.69 Å². The number of ether oxygens (including phenoxy) is 1. The Morgan fingerprint density at radius 2 is 2.06 bits per heavy atom. The molecule has 0 unspecified atom stereocenters. The van der Waals surface area contributed by atoms with Crippen molar-refractivity contribution in [3.8, 4) is 11.5 Å². The average Bonchev–Trinajstić information content (AvgIpc) is 2.29. The van der Waals surface area contributed by atoms with Gasteiger partial charge in [-0.15, -0.1) is 0 Å². The Labute approximate surface area is 96.4 Å². The van der Waals surface area contributed by atoms with Gasteiger partial charge in [0.05, 0.1) is 11.0 Å². The zero-order valence-corrected chi connectivity index (χ0v) is 8.59. The lowest BCUT2D eigenvalue weighted by Gasteiger charge is -2.04. The van der Waals surface area contributed by atoms with Crippen LogP contribution in [0.3, 0.4) is 0 Å². The maximum Gasteiger partial charge on any atom is 0.277 e. The number of non-ortho nitro benzene ring substituents is 1. The first-order valence-electron chi connectivity index (χ1n) is 4.75. The molecule has 2 rings (SSSR count). The van der Waals surface area contributed by atoms with E-state index in [9.17, 15) is 14.5 Å². The second-order valence-electron chi connectivity index (χ2n) is 3.23. The Morgan fingerprint density at radius 1 is 1.24 bits per heavy atom. The van der Waals surface area contributed by atoms with Crippen molar-refractivity contribution in [1.29, 1.82) is 0 Å². The molecule has 0 N–H and O–H groups in total. The Bertz CT molecular complexity index is 540. The van der Waals surface area contributed by atoms with E-state index in [1.54, 1.807) is 6.07 Å². The minimum Gasteiger partial charge on any atom is -0.457 e. The Balaban J connectivity index is 2.16. The molecule has 17 heavy (non-hydrogen) atoms. The number of hydrogen-bond donors (Lipinski definition) is 0. The Hall–Kier alpha value is -2.43. The highest BCUT2D eigenvalue weighted by Gasteiger charge is 2.05. The molecule has 0 aliphatic heterocycles. The van der Waals surface area contributed by atoms with E-state index >= 15 is 0 Å². The SMILES string of the molecule is O=[N+]([O-])c1[c]cc(Oc2cccc(F)c2)cc1. The molecule has 1 radical (unpaired) electrons. The van der Waals surface area contributed by atoms with Crippen LogP contribution in [0, 0.1) is 22.0 Å². The van der Waals surface area contributed by atoms with Crippen molar-refractivity contribution in [2.45, 2.75) is 0 Å². The zero-order chi connectivity index (χ0) is 12.3. The highest BCUT2D eigenvalue weighted by Crippen LogP contribution is 2.23. The summed E-state index contributed by atoms with van der Waals surface area (Å²) < 4.78 is 18.2. The minimum atomic E-state index is -0.550. The summed E-state index contributed by atoms with van der Waals surface area (Å²) in [6.07, 6.45) is 0. The summed E-state index contributed by atoms with van der Waals surface area (Å²) in [6, 6.07) is 12.1. The molecule has 5 heteroatoms. The molecule has 2 aromatic rings. The summed E-state index contributed by atoms with van der Waals surface area (Å²) in [5, 5.41) is 10.4. The van der Waals surface area contributed by atoms with Crippen LogP contribution in [0.15, 0.2) is 42.5 Å². The highest BCUT2D eigenvalue weighted by atomic mass is 19.1. The van der Waals surface area contributed by atoms with Crippen molar-refractivity contribution in [3.63, 3.8) is 0 Å². The van der Waals surface area contributed by atoms with Crippen LogP contribution in [0.5, 0.6) is 11.5 Å². The van der Waals surface area contributed by atoms with Gasteiger partial charge in [0.1, 0.15) is 17.3 Å². The monoisotopic (exact) mass is 232 g/mol. The standard InChI is InChI=1S/C12H7FNO3/c13-9-2-1-3-12(8-9)17-11-6-4-10(5-7-11)14(15)16/h1-4,6-8H. The molecule has 4 nitrogen and oxygen atoms in total.